The number of halogens is 6. The van der Waals surface area contributed by atoms with Crippen molar-refractivity contribution < 1.29 is 41.0 Å². The van der Waals surface area contributed by atoms with Crippen molar-refractivity contribution in [2.24, 2.45) is 0 Å². The summed E-state index contributed by atoms with van der Waals surface area (Å²) in [5.41, 5.74) is -4.24. The fourth-order valence-electron chi connectivity index (χ4n) is 1.34. The van der Waals surface area contributed by atoms with E-state index < -0.39 is 47.5 Å². The van der Waals surface area contributed by atoms with Crippen LogP contribution >= 0.6 is 0 Å². The predicted molar refractivity (Wildman–Crippen MR) is 56.4 cm³/mol. The minimum atomic E-state index is -5.08. The summed E-state index contributed by atoms with van der Waals surface area (Å²) >= 11 is 0. The molecule has 0 aliphatic heterocycles. The SMILES string of the molecule is O=C(O)CNC(=O)c1cc(C(F)(F)F)cc(C(F)(F)F)c1. The topological polar surface area (TPSA) is 66.4 Å². The molecule has 0 aliphatic rings. The van der Waals surface area contributed by atoms with Crippen molar-refractivity contribution in [1.29, 1.82) is 0 Å². The molecule has 4 nitrogen and oxygen atoms in total. The monoisotopic (exact) mass is 315 g/mol. The van der Waals surface area contributed by atoms with Crippen molar-refractivity contribution in [3.63, 3.8) is 0 Å². The van der Waals surface area contributed by atoms with E-state index >= 15 is 0 Å². The summed E-state index contributed by atoms with van der Waals surface area (Å²) in [4.78, 5) is 21.6. The highest BCUT2D eigenvalue weighted by Crippen LogP contribution is 2.36. The zero-order valence-electron chi connectivity index (χ0n) is 9.97. The Labute approximate surface area is 113 Å². The van der Waals surface area contributed by atoms with Crippen LogP contribution < -0.4 is 5.32 Å². The third kappa shape index (κ3) is 4.65. The molecule has 0 spiro atoms. The second-order valence-electron chi connectivity index (χ2n) is 3.87. The largest absolute Gasteiger partial charge is 0.480 e. The number of carboxylic acids is 1. The van der Waals surface area contributed by atoms with Crippen molar-refractivity contribution in [2.45, 2.75) is 12.4 Å². The number of benzene rings is 1. The summed E-state index contributed by atoms with van der Waals surface area (Å²) < 4.78 is 75.1. The van der Waals surface area contributed by atoms with Crippen molar-refractivity contribution >= 4 is 11.9 Å². The van der Waals surface area contributed by atoms with Crippen molar-refractivity contribution in [3.8, 4) is 0 Å². The van der Waals surface area contributed by atoms with Crippen LogP contribution in [-0.2, 0) is 17.1 Å². The van der Waals surface area contributed by atoms with Gasteiger partial charge in [0.05, 0.1) is 11.1 Å². The lowest BCUT2D eigenvalue weighted by Gasteiger charge is -2.13. The van der Waals surface area contributed by atoms with Gasteiger partial charge >= 0.3 is 18.3 Å². The first-order chi connectivity index (χ1) is 9.41. The van der Waals surface area contributed by atoms with Gasteiger partial charge in [-0.05, 0) is 18.2 Å². The summed E-state index contributed by atoms with van der Waals surface area (Å²) in [7, 11) is 0. The van der Waals surface area contributed by atoms with Gasteiger partial charge in [-0.15, -0.1) is 0 Å². The van der Waals surface area contributed by atoms with Crippen LogP contribution in [0.2, 0.25) is 0 Å². The number of nitrogens with one attached hydrogen (secondary N) is 1. The highest BCUT2D eigenvalue weighted by molar-refractivity contribution is 5.96. The number of carbonyl (C=O) groups excluding carboxylic acids is 1. The molecule has 0 heterocycles. The highest BCUT2D eigenvalue weighted by Gasteiger charge is 2.37. The molecule has 0 bridgehead atoms. The summed E-state index contributed by atoms with van der Waals surface area (Å²) in [6.07, 6.45) is -10.2. The van der Waals surface area contributed by atoms with Crippen LogP contribution in [0.25, 0.3) is 0 Å². The van der Waals surface area contributed by atoms with Crippen LogP contribution in [0.5, 0.6) is 0 Å². The van der Waals surface area contributed by atoms with E-state index in [4.69, 9.17) is 5.11 Å². The van der Waals surface area contributed by atoms with Crippen molar-refractivity contribution in [3.05, 3.63) is 34.9 Å². The molecular formula is C11H7F6NO3. The first kappa shape index (κ1) is 16.8. The zero-order chi connectivity index (χ0) is 16.4. The Bertz CT molecular complexity index is 532. The summed E-state index contributed by atoms with van der Waals surface area (Å²) in [6, 6.07) is 0.298. The van der Waals surface area contributed by atoms with Gasteiger partial charge < -0.3 is 10.4 Å². The van der Waals surface area contributed by atoms with Gasteiger partial charge in [0, 0.05) is 5.56 Å². The Morgan fingerprint density at radius 1 is 0.952 bits per heavy atom. The molecule has 2 N–H and O–H groups in total. The lowest BCUT2D eigenvalue weighted by Crippen LogP contribution is -2.29. The number of aliphatic carboxylic acids is 1. The van der Waals surface area contributed by atoms with E-state index in [0.29, 0.717) is 0 Å². The molecule has 10 heteroatoms. The maximum atomic E-state index is 12.5. The number of carboxylic acid groups (broad SMARTS) is 1. The summed E-state index contributed by atoms with van der Waals surface area (Å²) in [6.45, 7) is -0.934. The molecule has 0 saturated carbocycles. The second-order valence-corrected chi connectivity index (χ2v) is 3.87. The first-order valence-electron chi connectivity index (χ1n) is 5.20. The van der Waals surface area contributed by atoms with E-state index in [9.17, 15) is 35.9 Å². The molecule has 0 fully saturated rings. The van der Waals surface area contributed by atoms with E-state index in [1.807, 2.05) is 0 Å². The molecule has 0 radical (unpaired) electrons. The Balaban J connectivity index is 3.26. The van der Waals surface area contributed by atoms with Gasteiger partial charge in [0.25, 0.3) is 5.91 Å². The lowest BCUT2D eigenvalue weighted by molar-refractivity contribution is -0.143. The molecule has 0 aliphatic carbocycles. The number of hydrogen-bond donors (Lipinski definition) is 2. The van der Waals surface area contributed by atoms with Crippen molar-refractivity contribution in [2.75, 3.05) is 6.54 Å². The van der Waals surface area contributed by atoms with E-state index in [-0.39, 0.29) is 18.2 Å². The number of rotatable bonds is 3. The van der Waals surface area contributed by atoms with E-state index in [0.717, 1.165) is 0 Å². The van der Waals surface area contributed by atoms with Crippen LogP contribution in [0.3, 0.4) is 0 Å². The standard InChI is InChI=1S/C11H7F6NO3/c12-10(13,14)6-1-5(9(21)18-4-8(19)20)2-7(3-6)11(15,16)17/h1-3H,4H2,(H,18,21)(H,19,20). The van der Waals surface area contributed by atoms with Crippen molar-refractivity contribution in [1.82, 2.24) is 5.32 Å². The number of carbonyl (C=O) groups is 2. The van der Waals surface area contributed by atoms with Crippen LogP contribution in [-0.4, -0.2) is 23.5 Å². The minimum Gasteiger partial charge on any atom is -0.480 e. The molecule has 0 unspecified atom stereocenters. The molecule has 116 valence electrons. The van der Waals surface area contributed by atoms with Crippen LogP contribution in [0.4, 0.5) is 26.3 Å². The van der Waals surface area contributed by atoms with E-state index in [2.05, 4.69) is 0 Å². The molecular weight excluding hydrogens is 308 g/mol. The molecule has 1 amide bonds. The van der Waals surface area contributed by atoms with Crippen LogP contribution in [0.1, 0.15) is 21.5 Å². The Morgan fingerprint density at radius 3 is 1.71 bits per heavy atom. The molecule has 1 aromatic rings. The van der Waals surface area contributed by atoms with Gasteiger partial charge in [-0.1, -0.05) is 0 Å². The molecule has 1 rings (SSSR count). The number of amides is 1. The van der Waals surface area contributed by atoms with Gasteiger partial charge in [-0.3, -0.25) is 9.59 Å². The zero-order valence-corrected chi connectivity index (χ0v) is 9.97. The maximum absolute atomic E-state index is 12.5. The second kappa shape index (κ2) is 5.62. The Kier molecular flexibility index (Phi) is 4.49. The fourth-order valence-corrected chi connectivity index (χ4v) is 1.34. The fraction of sp³-hybridized carbons (Fsp3) is 0.273. The van der Waals surface area contributed by atoms with Gasteiger partial charge in [0.2, 0.25) is 0 Å². The first-order valence-corrected chi connectivity index (χ1v) is 5.20. The molecule has 0 saturated heterocycles. The minimum absolute atomic E-state index is 0.131. The summed E-state index contributed by atoms with van der Waals surface area (Å²) in [5.74, 6) is -2.85. The smallest absolute Gasteiger partial charge is 0.416 e. The quantitative estimate of drug-likeness (QED) is 0.843. The number of hydrogen-bond acceptors (Lipinski definition) is 2. The Morgan fingerprint density at radius 2 is 1.38 bits per heavy atom. The van der Waals surface area contributed by atoms with E-state index in [1.54, 1.807) is 5.32 Å². The average Bonchev–Trinajstić information content (AvgIpc) is 2.33. The third-order valence-corrected chi connectivity index (χ3v) is 2.25. The third-order valence-electron chi connectivity index (χ3n) is 2.25. The van der Waals surface area contributed by atoms with Gasteiger partial charge in [0.15, 0.2) is 0 Å². The number of alkyl halides is 6. The molecule has 1 aromatic carbocycles. The Hall–Kier alpha value is -2.26. The van der Waals surface area contributed by atoms with Crippen LogP contribution in [0, 0.1) is 0 Å². The molecule has 21 heavy (non-hydrogen) atoms. The van der Waals surface area contributed by atoms with Gasteiger partial charge in [-0.2, -0.15) is 26.3 Å². The maximum Gasteiger partial charge on any atom is 0.416 e. The van der Waals surface area contributed by atoms with Gasteiger partial charge in [0.1, 0.15) is 6.54 Å². The summed E-state index contributed by atoms with van der Waals surface area (Å²) in [5, 5.41) is 9.98. The lowest BCUT2D eigenvalue weighted by atomic mass is 10.0. The molecule has 0 aromatic heterocycles. The van der Waals surface area contributed by atoms with E-state index in [1.165, 1.54) is 0 Å². The normalized spacial score (nSPS) is 12.1. The van der Waals surface area contributed by atoms with Crippen LogP contribution in [0.15, 0.2) is 18.2 Å². The molecule has 0 atom stereocenters. The predicted octanol–water partition coefficient (Wildman–Crippen LogP) is 2.54. The van der Waals surface area contributed by atoms with Gasteiger partial charge in [-0.25, -0.2) is 0 Å². The average molecular weight is 315 g/mol. The highest BCUT2D eigenvalue weighted by atomic mass is 19.4.